The van der Waals surface area contributed by atoms with Crippen LogP contribution in [0.5, 0.6) is 0 Å². The molecule has 0 bridgehead atoms. The van der Waals surface area contributed by atoms with Crippen LogP contribution >= 0.6 is 15.6 Å². The maximum atomic E-state index is 13.0. The quantitative estimate of drug-likeness (QED) is 0.0222. The van der Waals surface area contributed by atoms with Crippen LogP contribution in [0, 0.1) is 23.7 Å². The van der Waals surface area contributed by atoms with Gasteiger partial charge in [0.25, 0.3) is 0 Å². The highest BCUT2D eigenvalue weighted by atomic mass is 31.2. The van der Waals surface area contributed by atoms with Crippen molar-refractivity contribution in [2.24, 2.45) is 23.7 Å². The number of carbonyl (C=O) groups is 4. The van der Waals surface area contributed by atoms with Crippen molar-refractivity contribution in [1.29, 1.82) is 0 Å². The molecule has 0 heterocycles. The van der Waals surface area contributed by atoms with Gasteiger partial charge in [-0.1, -0.05) is 274 Å². The molecule has 19 heteroatoms. The van der Waals surface area contributed by atoms with Gasteiger partial charge in [-0.25, -0.2) is 9.13 Å². The van der Waals surface area contributed by atoms with Crippen LogP contribution in [0.2, 0.25) is 0 Å². The Morgan fingerprint density at radius 3 is 0.826 bits per heavy atom. The van der Waals surface area contributed by atoms with Crippen LogP contribution in [0.1, 0.15) is 325 Å². The molecule has 7 atom stereocenters. The maximum absolute atomic E-state index is 13.0. The van der Waals surface area contributed by atoms with E-state index in [1.165, 1.54) is 122 Å². The van der Waals surface area contributed by atoms with Gasteiger partial charge in [0.05, 0.1) is 26.4 Å². The first-order valence-corrected chi connectivity index (χ1v) is 37.8. The van der Waals surface area contributed by atoms with Gasteiger partial charge in [0, 0.05) is 25.7 Å². The van der Waals surface area contributed by atoms with Gasteiger partial charge in [-0.3, -0.25) is 37.3 Å². The number of ether oxygens (including phenoxy) is 4. The third-order valence-electron chi connectivity index (χ3n) is 16.0. The second-order valence-corrected chi connectivity index (χ2v) is 28.6. The lowest BCUT2D eigenvalue weighted by atomic mass is 9.99. The zero-order valence-corrected chi connectivity index (χ0v) is 57.7. The zero-order valence-electron chi connectivity index (χ0n) is 55.9. The van der Waals surface area contributed by atoms with Gasteiger partial charge in [-0.05, 0) is 49.4 Å². The lowest BCUT2D eigenvalue weighted by Crippen LogP contribution is -2.30. The molecule has 510 valence electrons. The number of unbranched alkanes of at least 4 members (excludes halogenated alkanes) is 28. The molecule has 0 saturated carbocycles. The summed E-state index contributed by atoms with van der Waals surface area (Å²) in [7, 11) is -9.90. The highest BCUT2D eigenvalue weighted by molar-refractivity contribution is 7.47. The molecule has 0 amide bonds. The third-order valence-corrected chi connectivity index (χ3v) is 17.9. The van der Waals surface area contributed by atoms with E-state index in [1.54, 1.807) is 0 Å². The van der Waals surface area contributed by atoms with Gasteiger partial charge in [0.15, 0.2) is 12.2 Å². The summed E-state index contributed by atoms with van der Waals surface area (Å²) in [4.78, 5) is 72.4. The minimum Gasteiger partial charge on any atom is -0.462 e. The predicted octanol–water partition coefficient (Wildman–Crippen LogP) is 18.5. The van der Waals surface area contributed by atoms with Crippen LogP contribution in [0.4, 0.5) is 0 Å². The van der Waals surface area contributed by atoms with Crippen LogP contribution in [-0.2, 0) is 65.4 Å². The van der Waals surface area contributed by atoms with Crippen molar-refractivity contribution in [3.63, 3.8) is 0 Å². The molecule has 3 N–H and O–H groups in total. The van der Waals surface area contributed by atoms with Gasteiger partial charge in [0.1, 0.15) is 19.3 Å². The normalized spacial score (nSPS) is 15.0. The second kappa shape index (κ2) is 57.0. The Morgan fingerprint density at radius 2 is 0.558 bits per heavy atom. The summed E-state index contributed by atoms with van der Waals surface area (Å²) in [6.45, 7) is 14.0. The maximum Gasteiger partial charge on any atom is 0.472 e. The molecule has 0 spiro atoms. The largest absolute Gasteiger partial charge is 0.472 e. The fraction of sp³-hybridized carbons (Fsp3) is 0.940. The lowest BCUT2D eigenvalue weighted by Gasteiger charge is -2.21. The Bertz CT molecular complexity index is 1720. The summed E-state index contributed by atoms with van der Waals surface area (Å²) in [6.07, 6.45) is 37.6. The average Bonchev–Trinajstić information content (AvgIpc) is 3.59. The van der Waals surface area contributed by atoms with E-state index in [4.69, 9.17) is 37.0 Å². The number of rotatable bonds is 64. The summed E-state index contributed by atoms with van der Waals surface area (Å²) < 4.78 is 68.1. The van der Waals surface area contributed by atoms with E-state index in [9.17, 15) is 43.2 Å². The molecule has 0 aromatic carbocycles. The molecule has 0 fully saturated rings. The van der Waals surface area contributed by atoms with Crippen molar-refractivity contribution in [2.45, 2.75) is 343 Å². The van der Waals surface area contributed by atoms with Crippen molar-refractivity contribution in [2.75, 3.05) is 39.6 Å². The summed E-state index contributed by atoms with van der Waals surface area (Å²) in [5, 5.41) is 10.6. The fourth-order valence-electron chi connectivity index (χ4n) is 9.89. The number of aliphatic hydroxyl groups excluding tert-OH is 1. The minimum atomic E-state index is -4.95. The van der Waals surface area contributed by atoms with Crippen LogP contribution < -0.4 is 0 Å². The first kappa shape index (κ1) is 84.1. The molecular weight excluding hydrogens is 1140 g/mol. The summed E-state index contributed by atoms with van der Waals surface area (Å²) in [5.41, 5.74) is 0. The van der Waals surface area contributed by atoms with E-state index in [0.717, 1.165) is 114 Å². The first-order valence-electron chi connectivity index (χ1n) is 34.8. The van der Waals surface area contributed by atoms with E-state index in [2.05, 4.69) is 55.4 Å². The van der Waals surface area contributed by atoms with E-state index in [0.29, 0.717) is 31.6 Å². The average molecular weight is 1270 g/mol. The van der Waals surface area contributed by atoms with Gasteiger partial charge < -0.3 is 33.8 Å². The minimum absolute atomic E-state index is 0.102. The number of aliphatic hydroxyl groups is 1. The number of esters is 4. The van der Waals surface area contributed by atoms with Crippen LogP contribution in [0.3, 0.4) is 0 Å². The predicted molar refractivity (Wildman–Crippen MR) is 344 cm³/mol. The highest BCUT2D eigenvalue weighted by Crippen LogP contribution is 2.45. The smallest absolute Gasteiger partial charge is 0.462 e. The number of hydrogen-bond acceptors (Lipinski definition) is 15. The number of phosphoric ester groups is 2. The summed E-state index contributed by atoms with van der Waals surface area (Å²) >= 11 is 0. The third kappa shape index (κ3) is 58.4. The van der Waals surface area contributed by atoms with Crippen molar-refractivity contribution >= 4 is 39.5 Å². The Hall–Kier alpha value is -1.94. The van der Waals surface area contributed by atoms with Gasteiger partial charge in [-0.2, -0.15) is 0 Å². The van der Waals surface area contributed by atoms with E-state index >= 15 is 0 Å². The fourth-order valence-corrected chi connectivity index (χ4v) is 11.5. The number of carbonyl (C=O) groups excluding carboxylic acids is 4. The Balaban J connectivity index is 5.26. The van der Waals surface area contributed by atoms with Crippen molar-refractivity contribution < 1.29 is 80.2 Å². The molecule has 0 aliphatic heterocycles. The van der Waals surface area contributed by atoms with Crippen molar-refractivity contribution in [3.05, 3.63) is 0 Å². The van der Waals surface area contributed by atoms with E-state index < -0.39 is 97.5 Å². The van der Waals surface area contributed by atoms with Crippen molar-refractivity contribution in [3.8, 4) is 0 Å². The number of phosphoric acid groups is 2. The highest BCUT2D eigenvalue weighted by Gasteiger charge is 2.30. The van der Waals surface area contributed by atoms with E-state index in [1.807, 2.05) is 0 Å². The van der Waals surface area contributed by atoms with Crippen molar-refractivity contribution in [1.82, 2.24) is 0 Å². The molecular formula is C67H130O17P2. The first-order chi connectivity index (χ1) is 41.2. The molecule has 5 unspecified atom stereocenters. The molecule has 86 heavy (non-hydrogen) atoms. The van der Waals surface area contributed by atoms with Crippen LogP contribution in [0.25, 0.3) is 0 Å². The molecule has 0 aliphatic rings. The topological polar surface area (TPSA) is 237 Å². The zero-order chi connectivity index (χ0) is 63.9. The molecule has 0 saturated heterocycles. The summed E-state index contributed by atoms with van der Waals surface area (Å²) in [6, 6.07) is 0. The number of hydrogen-bond donors (Lipinski definition) is 3. The monoisotopic (exact) mass is 1270 g/mol. The molecule has 0 radical (unpaired) electrons. The second-order valence-electron chi connectivity index (χ2n) is 25.6. The molecule has 0 aromatic heterocycles. The Kier molecular flexibility index (Phi) is 55.7. The molecule has 0 rings (SSSR count). The lowest BCUT2D eigenvalue weighted by molar-refractivity contribution is -0.161. The standard InChI is InChI=1S/C67H130O17P2/c1-9-59(7)45-37-29-21-15-11-12-16-23-33-41-49-66(71)83-62(53-77-64(69)47-39-31-22-17-13-14-19-27-35-43-57(3)4)55-81-85(73,74)79-51-61(68)52-80-86(75,76)82-56-63(84-67(72)50-42-34-26-25-30-38-46-60(8)10-2)54-78-65(70)48-40-32-24-18-20-28-36-44-58(5)6/h57-63,68H,9-56H2,1-8H3,(H,73,74)(H,75,76)/t59?,60?,61?,62-,63-/m1/s1. The van der Waals surface area contributed by atoms with E-state index in [-0.39, 0.29) is 25.7 Å². The summed E-state index contributed by atoms with van der Waals surface area (Å²) in [5.74, 6) is 0.835. The molecule has 0 aromatic rings. The van der Waals surface area contributed by atoms with Crippen LogP contribution in [0.15, 0.2) is 0 Å². The molecule has 0 aliphatic carbocycles. The molecule has 17 nitrogen and oxygen atoms in total. The Morgan fingerprint density at radius 1 is 0.326 bits per heavy atom. The van der Waals surface area contributed by atoms with Gasteiger partial charge in [-0.15, -0.1) is 0 Å². The van der Waals surface area contributed by atoms with Gasteiger partial charge in [0.2, 0.25) is 0 Å². The Labute approximate surface area is 524 Å². The van der Waals surface area contributed by atoms with Crippen LogP contribution in [-0.4, -0.2) is 96.7 Å². The van der Waals surface area contributed by atoms with Gasteiger partial charge >= 0.3 is 39.5 Å². The SMILES string of the molecule is CCC(C)CCCCCCCCCCCCC(=O)O[C@H](COC(=O)CCCCCCCCCCCC(C)C)COP(=O)(O)OCC(O)COP(=O)(O)OC[C@@H](COC(=O)CCCCCCCCCC(C)C)OC(=O)CCCCCCCCC(C)CC.